The summed E-state index contributed by atoms with van der Waals surface area (Å²) in [6, 6.07) is 16.9. The summed E-state index contributed by atoms with van der Waals surface area (Å²) in [6.45, 7) is 8.97. The highest BCUT2D eigenvalue weighted by Gasteiger charge is 2.40. The van der Waals surface area contributed by atoms with E-state index >= 15 is 0 Å². The van der Waals surface area contributed by atoms with Gasteiger partial charge in [-0.25, -0.2) is 14.6 Å². The van der Waals surface area contributed by atoms with Gasteiger partial charge in [-0.05, 0) is 166 Å². The van der Waals surface area contributed by atoms with Crippen molar-refractivity contribution in [3.63, 3.8) is 0 Å². The van der Waals surface area contributed by atoms with Crippen LogP contribution in [0, 0.1) is 23.7 Å². The fraction of sp³-hybridized carbons (Fsp3) is 0.545. The molecule has 9 rings (SSSR count). The minimum absolute atomic E-state index is 0.147. The lowest BCUT2D eigenvalue weighted by atomic mass is 9.82. The van der Waals surface area contributed by atoms with E-state index in [-0.39, 0.29) is 53.2 Å². The molecule has 0 N–H and O–H groups in total. The van der Waals surface area contributed by atoms with Gasteiger partial charge in [0.15, 0.2) is 11.5 Å². The average molecular weight is 1220 g/mol. The molecule has 2 heterocycles. The maximum absolute atomic E-state index is 14.4. The van der Waals surface area contributed by atoms with Crippen LogP contribution in [0.1, 0.15) is 160 Å². The lowest BCUT2D eigenvalue weighted by Crippen LogP contribution is -2.33. The standard InChI is InChI=1S/C66H79NO15S3/c1-3-53(68)76-40-16-7-5-14-38-74-47-30-34-49(35-31-47)78-61(70)43-22-26-45(27-23-43)63(72)80-56-51-20-12-13-21-52(51)57(59-58(56)84-66(85-59)55-65(83)82-60(67-55)42-18-10-9-11-19-42)81-64(73)46-28-24-44(25-29-46)62(71)79-50-36-32-48(33-37-50)75-39-15-6-8-17-41-77-54(69)4-2/h3-4,9-13,18-21,43-50H,1-2,5-8,14-17,22-41H2. The Bertz CT molecular complexity index is 2780. The second-order valence-corrected chi connectivity index (χ2v) is 25.5. The number of unbranched alkanes of at least 4 members (excludes halogenated alkanes) is 6. The van der Waals surface area contributed by atoms with Crippen LogP contribution < -0.4 is 9.47 Å². The molecule has 4 saturated carbocycles. The molecule has 0 radical (unpaired) electrons. The molecule has 0 spiro atoms. The Morgan fingerprint density at radius 1 is 0.494 bits per heavy atom. The highest BCUT2D eigenvalue weighted by atomic mass is 32.2. The summed E-state index contributed by atoms with van der Waals surface area (Å²) < 4.78 is 54.2. The van der Waals surface area contributed by atoms with Gasteiger partial charge in [-0.3, -0.25) is 19.2 Å². The smallest absolute Gasteiger partial charge is 0.330 e. The SMILES string of the molecule is C=CC(=O)OCCCCCCOC1CCC(OC(=O)C2CCC(C(=O)Oc3c4c(c(OC(=O)C5CCC(C(=O)OC6CCC(OCCCCCCOC(=O)C=C)CC6)CC5)c5ccccc35)SC(=C3N=C(c5ccccc5)OC3=S)S4)CC2)CC1. The molecule has 0 saturated heterocycles. The summed E-state index contributed by atoms with van der Waals surface area (Å²) in [5, 5.41) is 1.39. The predicted molar refractivity (Wildman–Crippen MR) is 327 cm³/mol. The van der Waals surface area contributed by atoms with Crippen LogP contribution in [-0.4, -0.2) is 97.6 Å². The Morgan fingerprint density at radius 3 is 1.28 bits per heavy atom. The third-order valence-electron chi connectivity index (χ3n) is 16.8. The summed E-state index contributed by atoms with van der Waals surface area (Å²) in [5.74, 6) is -2.45. The van der Waals surface area contributed by atoms with Crippen LogP contribution in [-0.2, 0) is 61.9 Å². The van der Waals surface area contributed by atoms with E-state index in [2.05, 4.69) is 13.2 Å². The quantitative estimate of drug-likeness (QED) is 0.0174. The Balaban J connectivity index is 0.779. The van der Waals surface area contributed by atoms with E-state index in [1.807, 2.05) is 54.6 Å². The normalized spacial score (nSPS) is 23.9. The zero-order chi connectivity index (χ0) is 59.5. The third-order valence-corrected chi connectivity index (χ3v) is 19.7. The van der Waals surface area contributed by atoms with Crippen LogP contribution in [0.25, 0.3) is 10.8 Å². The summed E-state index contributed by atoms with van der Waals surface area (Å²) in [5.41, 5.74) is 1.21. The molecule has 3 aromatic carbocycles. The molecule has 19 heteroatoms. The van der Waals surface area contributed by atoms with E-state index in [4.69, 9.17) is 59.8 Å². The van der Waals surface area contributed by atoms with E-state index in [9.17, 15) is 28.8 Å². The molecule has 0 unspecified atom stereocenters. The maximum atomic E-state index is 14.4. The second-order valence-electron chi connectivity index (χ2n) is 22.8. The number of rotatable bonds is 27. The number of thioether (sulfide) groups is 2. The largest absolute Gasteiger partial charge is 0.463 e. The molecule has 3 aromatic rings. The summed E-state index contributed by atoms with van der Waals surface area (Å²) in [4.78, 5) is 84.2. The minimum Gasteiger partial charge on any atom is -0.463 e. The highest BCUT2D eigenvalue weighted by Crippen LogP contribution is 2.62. The minimum atomic E-state index is -0.451. The number of esters is 6. The molecule has 85 heavy (non-hydrogen) atoms. The molecule has 0 aromatic heterocycles. The van der Waals surface area contributed by atoms with Crippen LogP contribution in [0.2, 0.25) is 0 Å². The van der Waals surface area contributed by atoms with Gasteiger partial charge in [0.1, 0.15) is 17.9 Å². The topological polar surface area (TPSA) is 198 Å². The van der Waals surface area contributed by atoms with E-state index in [1.54, 1.807) is 0 Å². The summed E-state index contributed by atoms with van der Waals surface area (Å²) >= 11 is 8.45. The van der Waals surface area contributed by atoms with Crippen LogP contribution >= 0.6 is 35.7 Å². The fourth-order valence-electron chi connectivity index (χ4n) is 11.9. The second kappa shape index (κ2) is 32.2. The fourth-order valence-corrected chi connectivity index (χ4v) is 14.9. The Labute approximate surface area is 512 Å². The number of thiocarbonyl (C=S) groups is 1. The van der Waals surface area contributed by atoms with Crippen molar-refractivity contribution in [3.8, 4) is 11.5 Å². The molecule has 0 amide bonds. The molecule has 4 aliphatic carbocycles. The number of benzene rings is 3. The lowest BCUT2D eigenvalue weighted by molar-refractivity contribution is -0.160. The van der Waals surface area contributed by atoms with E-state index in [0.29, 0.717) is 126 Å². The van der Waals surface area contributed by atoms with Crippen molar-refractivity contribution in [2.24, 2.45) is 28.7 Å². The lowest BCUT2D eigenvalue weighted by Gasteiger charge is -2.31. The first-order valence-electron chi connectivity index (χ1n) is 30.6. The molecule has 16 nitrogen and oxygen atoms in total. The van der Waals surface area contributed by atoms with Crippen molar-refractivity contribution in [2.75, 3.05) is 26.4 Å². The number of fused-ring (bicyclic) bond motifs is 2. The molecule has 0 atom stereocenters. The number of aliphatic imine (C=N–C) groups is 1. The van der Waals surface area contributed by atoms with Crippen molar-refractivity contribution in [3.05, 3.63) is 95.4 Å². The monoisotopic (exact) mass is 1220 g/mol. The van der Waals surface area contributed by atoms with Gasteiger partial charge in [0.2, 0.25) is 10.9 Å². The summed E-state index contributed by atoms with van der Waals surface area (Å²) in [7, 11) is 0. The molecule has 2 aliphatic heterocycles. The molecule has 4 fully saturated rings. The first-order valence-corrected chi connectivity index (χ1v) is 32.7. The van der Waals surface area contributed by atoms with Gasteiger partial charge in [-0.1, -0.05) is 92.0 Å². The average Bonchev–Trinajstić information content (AvgIpc) is 2.19. The van der Waals surface area contributed by atoms with Gasteiger partial charge >= 0.3 is 35.8 Å². The number of hydrogen-bond donors (Lipinski definition) is 0. The Hall–Kier alpha value is -5.86. The van der Waals surface area contributed by atoms with Gasteiger partial charge in [-0.2, -0.15) is 0 Å². The molecule has 456 valence electrons. The first-order chi connectivity index (χ1) is 41.4. The van der Waals surface area contributed by atoms with E-state index in [1.165, 1.54) is 35.7 Å². The summed E-state index contributed by atoms with van der Waals surface area (Å²) in [6.07, 6.45) is 20.0. The van der Waals surface area contributed by atoms with Crippen molar-refractivity contribution < 1.29 is 71.4 Å². The van der Waals surface area contributed by atoms with E-state index in [0.717, 1.165) is 108 Å². The third kappa shape index (κ3) is 17.9. The van der Waals surface area contributed by atoms with Gasteiger partial charge < -0.3 is 42.6 Å². The molecule has 6 aliphatic rings. The van der Waals surface area contributed by atoms with Gasteiger partial charge in [-0.15, -0.1) is 0 Å². The van der Waals surface area contributed by atoms with Crippen molar-refractivity contribution in [1.82, 2.24) is 0 Å². The highest BCUT2D eigenvalue weighted by molar-refractivity contribution is 8.25. The Morgan fingerprint density at radius 2 is 0.871 bits per heavy atom. The van der Waals surface area contributed by atoms with Crippen LogP contribution in [0.4, 0.5) is 0 Å². The zero-order valence-electron chi connectivity index (χ0n) is 48.5. The number of carbonyl (C=O) groups excluding carboxylic acids is 6. The van der Waals surface area contributed by atoms with Crippen molar-refractivity contribution >= 4 is 93.3 Å². The number of ether oxygens (including phenoxy) is 9. The molecular formula is C66H79NO15S3. The molecule has 0 bridgehead atoms. The molecular weight excluding hydrogens is 1140 g/mol. The van der Waals surface area contributed by atoms with Crippen molar-refractivity contribution in [1.29, 1.82) is 0 Å². The van der Waals surface area contributed by atoms with E-state index < -0.39 is 35.7 Å². The maximum Gasteiger partial charge on any atom is 0.330 e. The first kappa shape index (κ1) is 63.6. The number of nitrogens with zero attached hydrogens (tertiary/aromatic N) is 1. The van der Waals surface area contributed by atoms with Gasteiger partial charge in [0.05, 0.1) is 63.1 Å². The van der Waals surface area contributed by atoms with Crippen LogP contribution in [0.5, 0.6) is 11.5 Å². The van der Waals surface area contributed by atoms with Crippen LogP contribution in [0.3, 0.4) is 0 Å². The number of carbonyl (C=O) groups is 6. The predicted octanol–water partition coefficient (Wildman–Crippen LogP) is 13.8. The van der Waals surface area contributed by atoms with Crippen molar-refractivity contribution in [2.45, 2.75) is 188 Å². The van der Waals surface area contributed by atoms with Gasteiger partial charge in [0.25, 0.3) is 0 Å². The van der Waals surface area contributed by atoms with Crippen LogP contribution in [0.15, 0.2) is 105 Å². The Kier molecular flexibility index (Phi) is 24.1. The zero-order valence-corrected chi connectivity index (χ0v) is 50.9. The number of hydrogen-bond acceptors (Lipinski definition) is 19. The van der Waals surface area contributed by atoms with Gasteiger partial charge in [0, 0.05) is 41.7 Å².